The molecule has 0 bridgehead atoms. The summed E-state index contributed by atoms with van der Waals surface area (Å²) in [6.45, 7) is 2.49. The third-order valence-corrected chi connectivity index (χ3v) is 3.23. The standard InChI is InChI=1S/C13H16N4O3/c1-15-12-6-10(2-3-13(12)17(18)19)8-16-4-5-20-11(7-14)9-16/h2-3,6,11,15H,4-5,8-9H2,1H3. The summed E-state index contributed by atoms with van der Waals surface area (Å²) in [5, 5.41) is 22.6. The summed E-state index contributed by atoms with van der Waals surface area (Å²) >= 11 is 0. The number of benzene rings is 1. The Morgan fingerprint density at radius 3 is 3.10 bits per heavy atom. The van der Waals surface area contributed by atoms with E-state index in [4.69, 9.17) is 10.00 Å². The number of rotatable bonds is 4. The van der Waals surface area contributed by atoms with E-state index in [2.05, 4.69) is 16.3 Å². The first-order valence-electron chi connectivity index (χ1n) is 6.32. The maximum absolute atomic E-state index is 10.9. The number of anilines is 1. The molecule has 7 nitrogen and oxygen atoms in total. The van der Waals surface area contributed by atoms with Crippen LogP contribution in [-0.2, 0) is 11.3 Å². The summed E-state index contributed by atoms with van der Waals surface area (Å²) in [6, 6.07) is 7.12. The van der Waals surface area contributed by atoms with Gasteiger partial charge in [0.25, 0.3) is 5.69 Å². The second-order valence-electron chi connectivity index (χ2n) is 4.58. The number of hydrogen-bond donors (Lipinski definition) is 1. The Balaban J connectivity index is 2.10. The molecule has 0 radical (unpaired) electrons. The fraction of sp³-hybridized carbons (Fsp3) is 0.462. The normalized spacial score (nSPS) is 19.3. The molecule has 0 amide bonds. The summed E-state index contributed by atoms with van der Waals surface area (Å²) in [5.41, 5.74) is 1.53. The van der Waals surface area contributed by atoms with Crippen molar-refractivity contribution in [2.24, 2.45) is 0 Å². The fourth-order valence-corrected chi connectivity index (χ4v) is 2.22. The van der Waals surface area contributed by atoms with Gasteiger partial charge in [0.15, 0.2) is 6.10 Å². The molecule has 1 aromatic carbocycles. The number of nitro benzene ring substituents is 1. The van der Waals surface area contributed by atoms with Crippen LogP contribution in [0.15, 0.2) is 18.2 Å². The predicted molar refractivity (Wildman–Crippen MR) is 73.3 cm³/mol. The quantitative estimate of drug-likeness (QED) is 0.659. The maximum atomic E-state index is 10.9. The molecular weight excluding hydrogens is 260 g/mol. The van der Waals surface area contributed by atoms with E-state index in [0.29, 0.717) is 25.4 Å². The highest BCUT2D eigenvalue weighted by atomic mass is 16.6. The van der Waals surface area contributed by atoms with Crippen molar-refractivity contribution in [2.75, 3.05) is 32.1 Å². The first kappa shape index (κ1) is 14.2. The Bertz CT molecular complexity index is 541. The average Bonchev–Trinajstić information content (AvgIpc) is 2.47. The zero-order valence-electron chi connectivity index (χ0n) is 11.2. The van der Waals surface area contributed by atoms with Gasteiger partial charge in [-0.3, -0.25) is 15.0 Å². The van der Waals surface area contributed by atoms with Gasteiger partial charge in [0, 0.05) is 32.7 Å². The van der Waals surface area contributed by atoms with Crippen LogP contribution in [0.2, 0.25) is 0 Å². The van der Waals surface area contributed by atoms with Gasteiger partial charge in [0.05, 0.1) is 17.6 Å². The smallest absolute Gasteiger partial charge is 0.292 e. The number of hydrogen-bond acceptors (Lipinski definition) is 6. The molecule has 1 aromatic rings. The highest BCUT2D eigenvalue weighted by molar-refractivity contribution is 5.62. The van der Waals surface area contributed by atoms with E-state index in [1.54, 1.807) is 19.2 Å². The van der Waals surface area contributed by atoms with Crippen molar-refractivity contribution >= 4 is 11.4 Å². The molecule has 0 spiro atoms. The highest BCUT2D eigenvalue weighted by Crippen LogP contribution is 2.25. The van der Waals surface area contributed by atoms with Gasteiger partial charge in [-0.15, -0.1) is 0 Å². The maximum Gasteiger partial charge on any atom is 0.292 e. The lowest BCUT2D eigenvalue weighted by molar-refractivity contribution is -0.384. The molecule has 1 saturated heterocycles. The molecule has 1 N–H and O–H groups in total. The Labute approximate surface area is 116 Å². The molecule has 1 aliphatic heterocycles. The molecule has 1 aliphatic rings. The first-order chi connectivity index (χ1) is 9.63. The van der Waals surface area contributed by atoms with Gasteiger partial charge >= 0.3 is 0 Å². The Kier molecular flexibility index (Phi) is 4.50. The molecule has 1 fully saturated rings. The summed E-state index contributed by atoms with van der Waals surface area (Å²) in [7, 11) is 1.66. The molecule has 1 unspecified atom stereocenters. The van der Waals surface area contributed by atoms with Gasteiger partial charge in [0.1, 0.15) is 5.69 Å². The van der Waals surface area contributed by atoms with Crippen LogP contribution in [0.1, 0.15) is 5.56 Å². The minimum atomic E-state index is -0.407. The van der Waals surface area contributed by atoms with Crippen molar-refractivity contribution in [3.8, 4) is 6.07 Å². The SMILES string of the molecule is CNc1cc(CN2CCOC(C#N)C2)ccc1[N+](=O)[O-]. The van der Waals surface area contributed by atoms with E-state index in [9.17, 15) is 10.1 Å². The van der Waals surface area contributed by atoms with Crippen molar-refractivity contribution in [2.45, 2.75) is 12.6 Å². The molecule has 106 valence electrons. The van der Waals surface area contributed by atoms with Gasteiger partial charge in [0.2, 0.25) is 0 Å². The van der Waals surface area contributed by atoms with Crippen LogP contribution in [0.25, 0.3) is 0 Å². The fourth-order valence-electron chi connectivity index (χ4n) is 2.22. The van der Waals surface area contributed by atoms with Crippen LogP contribution in [0, 0.1) is 21.4 Å². The lowest BCUT2D eigenvalue weighted by atomic mass is 10.1. The number of nitriles is 1. The van der Waals surface area contributed by atoms with Crippen LogP contribution >= 0.6 is 0 Å². The van der Waals surface area contributed by atoms with E-state index in [1.807, 2.05) is 0 Å². The van der Waals surface area contributed by atoms with Gasteiger partial charge in [-0.2, -0.15) is 5.26 Å². The summed E-state index contributed by atoms with van der Waals surface area (Å²) in [5.74, 6) is 0. The average molecular weight is 276 g/mol. The topological polar surface area (TPSA) is 91.4 Å². The molecule has 1 atom stereocenters. The van der Waals surface area contributed by atoms with Gasteiger partial charge in [-0.25, -0.2) is 0 Å². The Morgan fingerprint density at radius 1 is 1.65 bits per heavy atom. The minimum Gasteiger partial charge on any atom is -0.383 e. The molecular formula is C13H16N4O3. The van der Waals surface area contributed by atoms with Crippen molar-refractivity contribution in [3.63, 3.8) is 0 Å². The Hall–Kier alpha value is -2.17. The lowest BCUT2D eigenvalue weighted by Crippen LogP contribution is -2.41. The molecule has 20 heavy (non-hydrogen) atoms. The van der Waals surface area contributed by atoms with Crippen LogP contribution in [-0.4, -0.2) is 42.7 Å². The third kappa shape index (κ3) is 3.23. The summed E-state index contributed by atoms with van der Waals surface area (Å²) in [6.07, 6.45) is -0.398. The van der Waals surface area contributed by atoms with E-state index in [0.717, 1.165) is 12.1 Å². The van der Waals surface area contributed by atoms with Crippen LogP contribution in [0.3, 0.4) is 0 Å². The summed E-state index contributed by atoms with van der Waals surface area (Å²) < 4.78 is 5.29. The zero-order chi connectivity index (χ0) is 14.5. The van der Waals surface area contributed by atoms with Crippen LogP contribution in [0.5, 0.6) is 0 Å². The van der Waals surface area contributed by atoms with E-state index in [1.165, 1.54) is 6.07 Å². The predicted octanol–water partition coefficient (Wildman–Crippen LogP) is 1.36. The number of ether oxygens (including phenoxy) is 1. The first-order valence-corrected chi connectivity index (χ1v) is 6.32. The van der Waals surface area contributed by atoms with Crippen LogP contribution in [0.4, 0.5) is 11.4 Å². The number of morpholine rings is 1. The van der Waals surface area contributed by atoms with Crippen molar-refractivity contribution < 1.29 is 9.66 Å². The molecule has 0 aromatic heterocycles. The number of nitro groups is 1. The number of nitrogens with one attached hydrogen (secondary N) is 1. The summed E-state index contributed by atoms with van der Waals surface area (Å²) in [4.78, 5) is 12.6. The molecule has 1 heterocycles. The number of nitrogens with zero attached hydrogens (tertiary/aromatic N) is 3. The van der Waals surface area contributed by atoms with Crippen molar-refractivity contribution in [1.82, 2.24) is 4.90 Å². The highest BCUT2D eigenvalue weighted by Gasteiger charge is 2.20. The Morgan fingerprint density at radius 2 is 2.45 bits per heavy atom. The second kappa shape index (κ2) is 6.32. The largest absolute Gasteiger partial charge is 0.383 e. The van der Waals surface area contributed by atoms with Crippen molar-refractivity contribution in [3.05, 3.63) is 33.9 Å². The van der Waals surface area contributed by atoms with E-state index in [-0.39, 0.29) is 5.69 Å². The van der Waals surface area contributed by atoms with Gasteiger partial charge in [-0.05, 0) is 11.6 Å². The molecule has 0 aliphatic carbocycles. The van der Waals surface area contributed by atoms with Gasteiger partial charge < -0.3 is 10.1 Å². The molecule has 7 heteroatoms. The molecule has 2 rings (SSSR count). The van der Waals surface area contributed by atoms with E-state index >= 15 is 0 Å². The monoisotopic (exact) mass is 276 g/mol. The third-order valence-electron chi connectivity index (χ3n) is 3.23. The lowest BCUT2D eigenvalue weighted by Gasteiger charge is -2.29. The van der Waals surface area contributed by atoms with Crippen molar-refractivity contribution in [1.29, 1.82) is 5.26 Å². The van der Waals surface area contributed by atoms with E-state index < -0.39 is 11.0 Å². The van der Waals surface area contributed by atoms with Crippen LogP contribution < -0.4 is 5.32 Å². The molecule has 0 saturated carbocycles. The zero-order valence-corrected chi connectivity index (χ0v) is 11.2. The second-order valence-corrected chi connectivity index (χ2v) is 4.58. The minimum absolute atomic E-state index is 0.0631. The van der Waals surface area contributed by atoms with Gasteiger partial charge in [-0.1, -0.05) is 6.07 Å².